The second-order valence-electron chi connectivity index (χ2n) is 4.35. The zero-order valence-corrected chi connectivity index (χ0v) is 11.1. The highest BCUT2D eigenvalue weighted by molar-refractivity contribution is 6.05. The molecule has 0 unspecified atom stereocenters. The van der Waals surface area contributed by atoms with E-state index in [1.54, 1.807) is 19.1 Å². The van der Waals surface area contributed by atoms with E-state index in [-0.39, 0.29) is 5.69 Å². The summed E-state index contributed by atoms with van der Waals surface area (Å²) in [4.78, 5) is 12.2. The first-order valence-electron chi connectivity index (χ1n) is 6.05. The van der Waals surface area contributed by atoms with Gasteiger partial charge in [0.25, 0.3) is 5.91 Å². The Morgan fingerprint density at radius 3 is 2.84 bits per heavy atom. The minimum absolute atomic E-state index is 0.160. The van der Waals surface area contributed by atoms with Gasteiger partial charge in [-0.05, 0) is 38.0 Å². The monoisotopic (exact) mass is 262 g/mol. The molecule has 2 rings (SSSR count). The Kier molecular flexibility index (Phi) is 3.64. The van der Waals surface area contributed by atoms with Crippen molar-refractivity contribution in [2.75, 3.05) is 5.32 Å². The average Bonchev–Trinajstić information content (AvgIpc) is 2.75. The summed E-state index contributed by atoms with van der Waals surface area (Å²) in [5.74, 6) is -0.436. The van der Waals surface area contributed by atoms with Crippen LogP contribution in [0.15, 0.2) is 22.7 Å². The molecule has 0 spiro atoms. The number of hydrogen-bond donors (Lipinski definition) is 1. The largest absolute Gasteiger partial charge is 0.361 e. The molecular weight excluding hydrogens is 247 g/mol. The number of anilines is 1. The van der Waals surface area contributed by atoms with Crippen molar-refractivity contribution in [3.05, 3.63) is 46.6 Å². The molecule has 1 heterocycles. The molecule has 0 aliphatic heterocycles. The van der Waals surface area contributed by atoms with Crippen molar-refractivity contribution in [2.24, 2.45) is 0 Å². The Morgan fingerprint density at radius 2 is 2.16 bits per heavy atom. The van der Waals surface area contributed by atoms with Gasteiger partial charge in [0, 0.05) is 0 Å². The van der Waals surface area contributed by atoms with E-state index in [4.69, 9.17) is 4.52 Å². The van der Waals surface area contributed by atoms with Gasteiger partial charge in [0.1, 0.15) is 17.1 Å². The van der Waals surface area contributed by atoms with E-state index in [2.05, 4.69) is 10.5 Å². The van der Waals surface area contributed by atoms with Crippen LogP contribution in [0.5, 0.6) is 0 Å². The van der Waals surface area contributed by atoms with Crippen LogP contribution in [0, 0.1) is 19.7 Å². The van der Waals surface area contributed by atoms with Crippen molar-refractivity contribution in [1.29, 1.82) is 0 Å². The zero-order chi connectivity index (χ0) is 14.0. The number of nitrogens with one attached hydrogen (secondary N) is 1. The lowest BCUT2D eigenvalue weighted by Crippen LogP contribution is -2.15. The number of carbonyl (C=O) groups excluding carboxylic acids is 1. The van der Waals surface area contributed by atoms with Crippen LogP contribution in [-0.4, -0.2) is 11.1 Å². The number of carbonyl (C=O) groups is 1. The predicted molar refractivity (Wildman–Crippen MR) is 69.7 cm³/mol. The topological polar surface area (TPSA) is 55.1 Å². The van der Waals surface area contributed by atoms with Crippen molar-refractivity contribution < 1.29 is 13.7 Å². The maximum Gasteiger partial charge on any atom is 0.261 e. The maximum absolute atomic E-state index is 13.6. The van der Waals surface area contributed by atoms with E-state index >= 15 is 0 Å². The van der Waals surface area contributed by atoms with Crippen LogP contribution in [0.25, 0.3) is 0 Å². The third kappa shape index (κ3) is 2.65. The molecule has 0 saturated heterocycles. The Labute approximate surface area is 110 Å². The summed E-state index contributed by atoms with van der Waals surface area (Å²) >= 11 is 0. The number of benzene rings is 1. The average molecular weight is 262 g/mol. The summed E-state index contributed by atoms with van der Waals surface area (Å²) in [6, 6.07) is 4.56. The number of hydrogen-bond acceptors (Lipinski definition) is 3. The molecular formula is C14H15FN2O2. The Bertz CT molecular complexity index is 620. The number of halogens is 1. The third-order valence-corrected chi connectivity index (χ3v) is 2.87. The second kappa shape index (κ2) is 5.22. The second-order valence-corrected chi connectivity index (χ2v) is 4.35. The highest BCUT2D eigenvalue weighted by atomic mass is 19.1. The zero-order valence-electron chi connectivity index (χ0n) is 11.1. The van der Waals surface area contributed by atoms with Gasteiger partial charge in [0.05, 0.1) is 11.4 Å². The van der Waals surface area contributed by atoms with Crippen LogP contribution in [-0.2, 0) is 6.42 Å². The van der Waals surface area contributed by atoms with E-state index in [0.717, 1.165) is 5.56 Å². The van der Waals surface area contributed by atoms with E-state index in [1.807, 2.05) is 13.8 Å². The lowest BCUT2D eigenvalue weighted by molar-refractivity contribution is 0.102. The van der Waals surface area contributed by atoms with Gasteiger partial charge in [-0.3, -0.25) is 4.79 Å². The van der Waals surface area contributed by atoms with Gasteiger partial charge in [0.15, 0.2) is 0 Å². The summed E-state index contributed by atoms with van der Waals surface area (Å²) in [7, 11) is 0. The van der Waals surface area contributed by atoms with Crippen LogP contribution < -0.4 is 5.32 Å². The van der Waals surface area contributed by atoms with E-state index in [0.29, 0.717) is 23.4 Å². The number of amides is 1. The standard InChI is InChI=1S/C14H15FN2O2/c1-4-11-13(9(3)19-17-11)14(18)16-12-7-8(2)5-6-10(12)15/h5-7H,4H2,1-3H3,(H,16,18). The third-order valence-electron chi connectivity index (χ3n) is 2.87. The first kappa shape index (κ1) is 13.3. The summed E-state index contributed by atoms with van der Waals surface area (Å²) in [6.07, 6.45) is 0.580. The SMILES string of the molecule is CCc1noc(C)c1C(=O)Nc1cc(C)ccc1F. The Morgan fingerprint density at radius 1 is 1.42 bits per heavy atom. The van der Waals surface area contributed by atoms with Crippen molar-refractivity contribution in [2.45, 2.75) is 27.2 Å². The maximum atomic E-state index is 13.6. The molecule has 0 atom stereocenters. The summed E-state index contributed by atoms with van der Waals surface area (Å²) < 4.78 is 18.6. The number of aromatic nitrogens is 1. The molecule has 100 valence electrons. The fourth-order valence-electron chi connectivity index (χ4n) is 1.87. The molecule has 0 fully saturated rings. The van der Waals surface area contributed by atoms with Crippen LogP contribution >= 0.6 is 0 Å². The summed E-state index contributed by atoms with van der Waals surface area (Å²) in [5.41, 5.74) is 1.98. The Hall–Kier alpha value is -2.17. The molecule has 2 aromatic rings. The first-order valence-corrected chi connectivity index (χ1v) is 6.05. The normalized spacial score (nSPS) is 10.5. The van der Waals surface area contributed by atoms with Gasteiger partial charge < -0.3 is 9.84 Å². The van der Waals surface area contributed by atoms with Crippen molar-refractivity contribution >= 4 is 11.6 Å². The van der Waals surface area contributed by atoms with Crippen LogP contribution in [0.3, 0.4) is 0 Å². The van der Waals surface area contributed by atoms with Crippen molar-refractivity contribution in [3.63, 3.8) is 0 Å². The summed E-state index contributed by atoms with van der Waals surface area (Å²) in [6.45, 7) is 5.37. The highest BCUT2D eigenvalue weighted by Crippen LogP contribution is 2.19. The number of aryl methyl sites for hydroxylation is 3. The molecule has 1 amide bonds. The van der Waals surface area contributed by atoms with Gasteiger partial charge in [0.2, 0.25) is 0 Å². The number of rotatable bonds is 3. The van der Waals surface area contributed by atoms with Gasteiger partial charge in [-0.1, -0.05) is 18.1 Å². The molecule has 0 bridgehead atoms. The van der Waals surface area contributed by atoms with E-state index in [9.17, 15) is 9.18 Å². The van der Waals surface area contributed by atoms with Gasteiger partial charge in [-0.15, -0.1) is 0 Å². The Balaban J connectivity index is 2.30. The molecule has 1 aromatic carbocycles. The van der Waals surface area contributed by atoms with E-state index < -0.39 is 11.7 Å². The highest BCUT2D eigenvalue weighted by Gasteiger charge is 2.20. The summed E-state index contributed by atoms with van der Waals surface area (Å²) in [5, 5.41) is 6.36. The molecule has 4 nitrogen and oxygen atoms in total. The fourth-order valence-corrected chi connectivity index (χ4v) is 1.87. The predicted octanol–water partition coefficient (Wildman–Crippen LogP) is 3.25. The molecule has 0 radical (unpaired) electrons. The minimum Gasteiger partial charge on any atom is -0.361 e. The smallest absolute Gasteiger partial charge is 0.261 e. The van der Waals surface area contributed by atoms with Crippen molar-refractivity contribution in [1.82, 2.24) is 5.16 Å². The molecule has 5 heteroatoms. The molecule has 1 N–H and O–H groups in total. The van der Waals surface area contributed by atoms with E-state index in [1.165, 1.54) is 6.07 Å². The lowest BCUT2D eigenvalue weighted by Gasteiger charge is -2.07. The minimum atomic E-state index is -0.467. The molecule has 19 heavy (non-hydrogen) atoms. The lowest BCUT2D eigenvalue weighted by atomic mass is 10.1. The first-order chi connectivity index (χ1) is 9.02. The van der Waals surface area contributed by atoms with Crippen LogP contribution in [0.4, 0.5) is 10.1 Å². The quantitative estimate of drug-likeness (QED) is 0.923. The molecule has 0 saturated carbocycles. The van der Waals surface area contributed by atoms with Crippen molar-refractivity contribution in [3.8, 4) is 0 Å². The van der Waals surface area contributed by atoms with Crippen LogP contribution in [0.2, 0.25) is 0 Å². The van der Waals surface area contributed by atoms with Gasteiger partial charge >= 0.3 is 0 Å². The molecule has 0 aliphatic carbocycles. The number of nitrogens with zero attached hydrogens (tertiary/aromatic N) is 1. The van der Waals surface area contributed by atoms with Crippen LogP contribution in [0.1, 0.15) is 34.3 Å². The molecule has 1 aromatic heterocycles. The molecule has 0 aliphatic rings. The van der Waals surface area contributed by atoms with Gasteiger partial charge in [-0.25, -0.2) is 4.39 Å². The fraction of sp³-hybridized carbons (Fsp3) is 0.286. The van der Waals surface area contributed by atoms with Gasteiger partial charge in [-0.2, -0.15) is 0 Å².